The van der Waals surface area contributed by atoms with Gasteiger partial charge in [-0.15, -0.1) is 0 Å². The van der Waals surface area contributed by atoms with Crippen LogP contribution in [-0.4, -0.2) is 16.7 Å². The standard InChI is InChI=1S/C18H24N2O2/c1-11-2-3-15(16(21)4-11)19-17(22)20-18-8-12-5-13(9-18)7-14(6-12)10-18/h2-4,12-14,21H,5-10H2,1H3,(H2,19,20,22). The summed E-state index contributed by atoms with van der Waals surface area (Å²) in [6.45, 7) is 1.92. The number of benzene rings is 1. The maximum atomic E-state index is 12.4. The highest BCUT2D eigenvalue weighted by Crippen LogP contribution is 2.55. The van der Waals surface area contributed by atoms with E-state index in [9.17, 15) is 9.90 Å². The van der Waals surface area contributed by atoms with E-state index in [0.717, 1.165) is 42.6 Å². The van der Waals surface area contributed by atoms with Gasteiger partial charge in [-0.1, -0.05) is 6.07 Å². The second-order valence-electron chi connectivity index (χ2n) is 7.80. The molecule has 2 amide bonds. The van der Waals surface area contributed by atoms with Crippen molar-refractivity contribution in [2.24, 2.45) is 17.8 Å². The second kappa shape index (κ2) is 4.90. The first-order chi connectivity index (χ1) is 10.5. The minimum absolute atomic E-state index is 0.000844. The number of nitrogens with one attached hydrogen (secondary N) is 2. The number of hydrogen-bond donors (Lipinski definition) is 3. The Morgan fingerprint density at radius 2 is 1.73 bits per heavy atom. The van der Waals surface area contributed by atoms with Crippen LogP contribution < -0.4 is 10.6 Å². The molecule has 0 radical (unpaired) electrons. The maximum absolute atomic E-state index is 12.4. The molecule has 3 N–H and O–H groups in total. The average Bonchev–Trinajstić information content (AvgIpc) is 2.39. The summed E-state index contributed by atoms with van der Waals surface area (Å²) in [5, 5.41) is 16.0. The van der Waals surface area contributed by atoms with E-state index >= 15 is 0 Å². The van der Waals surface area contributed by atoms with Crippen LogP contribution in [0, 0.1) is 24.7 Å². The molecule has 4 heteroatoms. The van der Waals surface area contributed by atoms with Gasteiger partial charge >= 0.3 is 6.03 Å². The summed E-state index contributed by atoms with van der Waals surface area (Å²) in [5.41, 5.74) is 1.46. The minimum Gasteiger partial charge on any atom is -0.506 e. The molecule has 0 saturated heterocycles. The summed E-state index contributed by atoms with van der Waals surface area (Å²) in [5.74, 6) is 2.54. The summed E-state index contributed by atoms with van der Waals surface area (Å²) in [4.78, 5) is 12.4. The minimum atomic E-state index is -0.180. The molecule has 0 aromatic heterocycles. The monoisotopic (exact) mass is 300 g/mol. The van der Waals surface area contributed by atoms with Gasteiger partial charge in [-0.3, -0.25) is 0 Å². The molecule has 0 atom stereocenters. The van der Waals surface area contributed by atoms with E-state index in [-0.39, 0.29) is 17.3 Å². The van der Waals surface area contributed by atoms with Crippen LogP contribution in [0.5, 0.6) is 5.75 Å². The van der Waals surface area contributed by atoms with Gasteiger partial charge in [0.15, 0.2) is 0 Å². The molecule has 0 unspecified atom stereocenters. The highest BCUT2D eigenvalue weighted by atomic mass is 16.3. The third-order valence-corrected chi connectivity index (χ3v) is 5.82. The predicted octanol–water partition coefficient (Wildman–Crippen LogP) is 3.79. The van der Waals surface area contributed by atoms with E-state index in [1.807, 2.05) is 13.0 Å². The summed E-state index contributed by atoms with van der Waals surface area (Å²) in [6.07, 6.45) is 7.48. The Kier molecular flexibility index (Phi) is 3.10. The summed E-state index contributed by atoms with van der Waals surface area (Å²) < 4.78 is 0. The lowest BCUT2D eigenvalue weighted by Crippen LogP contribution is -2.60. The van der Waals surface area contributed by atoms with Crippen molar-refractivity contribution in [1.29, 1.82) is 0 Å². The number of carbonyl (C=O) groups excluding carboxylic acids is 1. The quantitative estimate of drug-likeness (QED) is 0.728. The van der Waals surface area contributed by atoms with Crippen LogP contribution in [0.15, 0.2) is 18.2 Å². The normalized spacial score (nSPS) is 35.4. The van der Waals surface area contributed by atoms with Crippen LogP contribution in [-0.2, 0) is 0 Å². The third kappa shape index (κ3) is 2.44. The van der Waals surface area contributed by atoms with Crippen molar-refractivity contribution in [1.82, 2.24) is 5.32 Å². The zero-order chi connectivity index (χ0) is 15.3. The van der Waals surface area contributed by atoms with E-state index in [0.29, 0.717) is 5.69 Å². The number of rotatable bonds is 2. The van der Waals surface area contributed by atoms with Gasteiger partial charge in [0.05, 0.1) is 5.69 Å². The van der Waals surface area contributed by atoms with E-state index in [1.165, 1.54) is 19.3 Å². The molecule has 118 valence electrons. The van der Waals surface area contributed by atoms with Crippen molar-refractivity contribution < 1.29 is 9.90 Å². The van der Waals surface area contributed by atoms with Crippen molar-refractivity contribution in [3.05, 3.63) is 23.8 Å². The zero-order valence-electron chi connectivity index (χ0n) is 13.1. The van der Waals surface area contributed by atoms with Gasteiger partial charge in [0.1, 0.15) is 5.75 Å². The number of hydrogen-bond acceptors (Lipinski definition) is 2. The molecule has 4 fully saturated rings. The highest BCUT2D eigenvalue weighted by Gasteiger charge is 2.51. The number of aromatic hydroxyl groups is 1. The van der Waals surface area contributed by atoms with Crippen molar-refractivity contribution in [3.63, 3.8) is 0 Å². The Labute approximate surface area is 131 Å². The molecule has 4 bridgehead atoms. The number of aryl methyl sites for hydroxylation is 1. The number of phenols is 1. The van der Waals surface area contributed by atoms with Gasteiger partial charge in [0, 0.05) is 5.54 Å². The van der Waals surface area contributed by atoms with E-state index in [1.54, 1.807) is 12.1 Å². The van der Waals surface area contributed by atoms with Crippen molar-refractivity contribution in [3.8, 4) is 5.75 Å². The molecule has 4 aliphatic carbocycles. The number of anilines is 1. The molecular formula is C18H24N2O2. The van der Waals surface area contributed by atoms with Gasteiger partial charge in [0.25, 0.3) is 0 Å². The van der Waals surface area contributed by atoms with Crippen LogP contribution in [0.2, 0.25) is 0 Å². The molecule has 22 heavy (non-hydrogen) atoms. The topological polar surface area (TPSA) is 61.4 Å². The molecule has 1 aromatic carbocycles. The predicted molar refractivity (Wildman–Crippen MR) is 85.9 cm³/mol. The molecule has 1 aromatic rings. The number of phenolic OH excluding ortho intramolecular Hbond substituents is 1. The molecule has 5 rings (SSSR count). The molecule has 0 aliphatic heterocycles. The second-order valence-corrected chi connectivity index (χ2v) is 7.80. The first kappa shape index (κ1) is 13.9. The fraction of sp³-hybridized carbons (Fsp3) is 0.611. The van der Waals surface area contributed by atoms with Crippen molar-refractivity contribution in [2.75, 3.05) is 5.32 Å². The molecular weight excluding hydrogens is 276 g/mol. The number of urea groups is 1. The lowest BCUT2D eigenvalue weighted by Gasteiger charge is -2.56. The maximum Gasteiger partial charge on any atom is 0.319 e. The molecule has 0 spiro atoms. The summed E-state index contributed by atoms with van der Waals surface area (Å²) in [6, 6.07) is 5.13. The SMILES string of the molecule is Cc1ccc(NC(=O)NC23CC4CC(CC(C4)C2)C3)c(O)c1. The van der Waals surface area contributed by atoms with Gasteiger partial charge < -0.3 is 15.7 Å². The van der Waals surface area contributed by atoms with Crippen molar-refractivity contribution in [2.45, 2.75) is 51.0 Å². The molecule has 4 nitrogen and oxygen atoms in total. The van der Waals surface area contributed by atoms with Gasteiger partial charge in [0.2, 0.25) is 0 Å². The fourth-order valence-electron chi connectivity index (χ4n) is 5.41. The lowest BCUT2D eigenvalue weighted by atomic mass is 9.53. The van der Waals surface area contributed by atoms with Gasteiger partial charge in [-0.05, 0) is 80.9 Å². The Bertz CT molecular complexity index is 576. The first-order valence-electron chi connectivity index (χ1n) is 8.40. The zero-order valence-corrected chi connectivity index (χ0v) is 13.1. The Balaban J connectivity index is 1.46. The van der Waals surface area contributed by atoms with E-state index in [4.69, 9.17) is 0 Å². The number of carbonyl (C=O) groups is 1. The third-order valence-electron chi connectivity index (χ3n) is 5.82. The number of amides is 2. The van der Waals surface area contributed by atoms with Crippen LogP contribution in [0.4, 0.5) is 10.5 Å². The Morgan fingerprint density at radius 3 is 2.27 bits per heavy atom. The molecule has 4 aliphatic rings. The smallest absolute Gasteiger partial charge is 0.319 e. The van der Waals surface area contributed by atoms with E-state index < -0.39 is 0 Å². The first-order valence-corrected chi connectivity index (χ1v) is 8.40. The summed E-state index contributed by atoms with van der Waals surface area (Å²) >= 11 is 0. The molecule has 0 heterocycles. The van der Waals surface area contributed by atoms with Gasteiger partial charge in [-0.2, -0.15) is 0 Å². The Hall–Kier alpha value is -1.71. The molecule has 4 saturated carbocycles. The van der Waals surface area contributed by atoms with E-state index in [2.05, 4.69) is 10.6 Å². The lowest BCUT2D eigenvalue weighted by molar-refractivity contribution is -0.0127. The van der Waals surface area contributed by atoms with Crippen LogP contribution in [0.3, 0.4) is 0 Å². The van der Waals surface area contributed by atoms with Crippen LogP contribution >= 0.6 is 0 Å². The summed E-state index contributed by atoms with van der Waals surface area (Å²) in [7, 11) is 0. The highest BCUT2D eigenvalue weighted by molar-refractivity contribution is 5.91. The Morgan fingerprint density at radius 1 is 1.14 bits per heavy atom. The van der Waals surface area contributed by atoms with Crippen LogP contribution in [0.25, 0.3) is 0 Å². The van der Waals surface area contributed by atoms with Crippen LogP contribution in [0.1, 0.15) is 44.1 Å². The van der Waals surface area contributed by atoms with Crippen molar-refractivity contribution >= 4 is 11.7 Å². The average molecular weight is 300 g/mol. The fourth-order valence-corrected chi connectivity index (χ4v) is 5.41. The largest absolute Gasteiger partial charge is 0.506 e. The van der Waals surface area contributed by atoms with Gasteiger partial charge in [-0.25, -0.2) is 4.79 Å².